The van der Waals surface area contributed by atoms with Crippen LogP contribution in [-0.2, 0) is 4.79 Å². The molecule has 6 heteroatoms. The molecule has 0 atom stereocenters. The third-order valence-corrected chi connectivity index (χ3v) is 4.94. The van der Waals surface area contributed by atoms with Gasteiger partial charge in [-0.25, -0.2) is 0 Å². The first-order chi connectivity index (χ1) is 11.7. The predicted molar refractivity (Wildman–Crippen MR) is 99.1 cm³/mol. The number of ether oxygens (including phenoxy) is 1. The Labute approximate surface area is 149 Å². The molecule has 0 aliphatic carbocycles. The summed E-state index contributed by atoms with van der Waals surface area (Å²) in [6, 6.07) is 14.8. The number of hydrogen-bond acceptors (Lipinski definition) is 4. The Morgan fingerprint density at radius 2 is 2.04 bits per heavy atom. The number of rotatable bonds is 5. The number of carbonyl (C=O) groups is 1. The van der Waals surface area contributed by atoms with E-state index in [0.29, 0.717) is 16.5 Å². The number of pyridine rings is 1. The van der Waals surface area contributed by atoms with Gasteiger partial charge in [-0.05, 0) is 36.4 Å². The van der Waals surface area contributed by atoms with Gasteiger partial charge in [0.15, 0.2) is 0 Å². The highest BCUT2D eigenvalue weighted by Gasteiger charge is 2.11. The van der Waals surface area contributed by atoms with Gasteiger partial charge in [-0.2, -0.15) is 0 Å². The number of fused-ring (bicyclic) bond motifs is 1. The first kappa shape index (κ1) is 16.6. The fourth-order valence-electron chi connectivity index (χ4n) is 2.31. The van der Waals surface area contributed by atoms with E-state index >= 15 is 0 Å². The normalized spacial score (nSPS) is 10.6. The fourth-order valence-corrected chi connectivity index (χ4v) is 3.35. The third-order valence-electron chi connectivity index (χ3n) is 3.42. The molecule has 0 aliphatic heterocycles. The molecule has 0 spiro atoms. The Kier molecular flexibility index (Phi) is 5.23. The lowest BCUT2D eigenvalue weighted by atomic mass is 10.1. The highest BCUT2D eigenvalue weighted by Crippen LogP contribution is 2.30. The zero-order valence-electron chi connectivity index (χ0n) is 13.0. The Hall–Kier alpha value is -2.24. The minimum atomic E-state index is -0.102. The predicted octanol–water partition coefficient (Wildman–Crippen LogP) is 4.63. The number of amides is 1. The van der Waals surface area contributed by atoms with Gasteiger partial charge in [-0.1, -0.05) is 23.7 Å². The monoisotopic (exact) mass is 358 g/mol. The minimum Gasteiger partial charge on any atom is -0.494 e. The second kappa shape index (κ2) is 7.55. The first-order valence-electron chi connectivity index (χ1n) is 7.28. The van der Waals surface area contributed by atoms with Gasteiger partial charge in [-0.15, -0.1) is 11.8 Å². The molecule has 3 aromatic rings. The van der Waals surface area contributed by atoms with E-state index in [1.807, 2.05) is 42.5 Å². The van der Waals surface area contributed by atoms with Gasteiger partial charge in [-0.3, -0.25) is 9.78 Å². The topological polar surface area (TPSA) is 51.2 Å². The van der Waals surface area contributed by atoms with Crippen LogP contribution >= 0.6 is 23.4 Å². The van der Waals surface area contributed by atoms with Gasteiger partial charge in [0.05, 0.1) is 23.6 Å². The van der Waals surface area contributed by atoms with Gasteiger partial charge in [0, 0.05) is 16.5 Å². The molecule has 0 radical (unpaired) electrons. The van der Waals surface area contributed by atoms with Crippen LogP contribution < -0.4 is 10.1 Å². The number of anilines is 1. The van der Waals surface area contributed by atoms with Crippen molar-refractivity contribution in [1.82, 2.24) is 4.98 Å². The number of thioether (sulfide) groups is 1. The van der Waals surface area contributed by atoms with Crippen LogP contribution in [0.2, 0.25) is 5.02 Å². The molecule has 0 aliphatic rings. The molecule has 0 bridgehead atoms. The van der Waals surface area contributed by atoms with Gasteiger partial charge in [0.2, 0.25) is 5.91 Å². The summed E-state index contributed by atoms with van der Waals surface area (Å²) in [6.45, 7) is 0. The number of halogens is 1. The molecular formula is C18H15ClN2O2S. The van der Waals surface area contributed by atoms with Crippen molar-refractivity contribution in [3.05, 3.63) is 59.8 Å². The summed E-state index contributed by atoms with van der Waals surface area (Å²) in [5.41, 5.74) is 1.43. The Balaban J connectivity index is 1.75. The second-order valence-electron chi connectivity index (χ2n) is 4.98. The first-order valence-corrected chi connectivity index (χ1v) is 8.64. The van der Waals surface area contributed by atoms with Crippen LogP contribution in [0.4, 0.5) is 5.69 Å². The van der Waals surface area contributed by atoms with Crippen LogP contribution in [-0.4, -0.2) is 23.8 Å². The lowest BCUT2D eigenvalue weighted by Gasteiger charge is -2.11. The largest absolute Gasteiger partial charge is 0.494 e. The van der Waals surface area contributed by atoms with Gasteiger partial charge >= 0.3 is 0 Å². The van der Waals surface area contributed by atoms with Crippen LogP contribution in [0.3, 0.4) is 0 Å². The van der Waals surface area contributed by atoms with E-state index in [1.54, 1.807) is 19.4 Å². The van der Waals surface area contributed by atoms with E-state index < -0.39 is 0 Å². The summed E-state index contributed by atoms with van der Waals surface area (Å²) >= 11 is 7.51. The number of hydrogen-bond donors (Lipinski definition) is 1. The average molecular weight is 359 g/mol. The van der Waals surface area contributed by atoms with E-state index in [9.17, 15) is 4.79 Å². The number of methoxy groups -OCH3 is 1. The van der Waals surface area contributed by atoms with Crippen LogP contribution in [0.25, 0.3) is 10.9 Å². The standard InChI is InChI=1S/C18H15ClN2O2S/c1-23-15-9-8-14(12-5-4-10-20-18(12)15)21-17(22)11-24-16-7-3-2-6-13(16)19/h2-10H,11H2,1H3,(H,21,22). The Morgan fingerprint density at radius 3 is 2.83 bits per heavy atom. The lowest BCUT2D eigenvalue weighted by Crippen LogP contribution is -2.14. The maximum absolute atomic E-state index is 12.3. The maximum Gasteiger partial charge on any atom is 0.234 e. The Morgan fingerprint density at radius 1 is 1.21 bits per heavy atom. The molecule has 3 rings (SSSR count). The third kappa shape index (κ3) is 3.63. The number of benzene rings is 2. The molecule has 4 nitrogen and oxygen atoms in total. The van der Waals surface area contributed by atoms with Crippen molar-refractivity contribution in [3.63, 3.8) is 0 Å². The molecule has 0 saturated carbocycles. The molecule has 1 heterocycles. The molecule has 24 heavy (non-hydrogen) atoms. The van der Waals surface area contributed by atoms with E-state index in [4.69, 9.17) is 16.3 Å². The number of aromatic nitrogens is 1. The van der Waals surface area contributed by atoms with Crippen molar-refractivity contribution in [2.75, 3.05) is 18.2 Å². The zero-order valence-corrected chi connectivity index (χ0v) is 14.5. The summed E-state index contributed by atoms with van der Waals surface area (Å²) in [6.07, 6.45) is 1.70. The van der Waals surface area contributed by atoms with Crippen molar-refractivity contribution in [2.45, 2.75) is 4.90 Å². The molecule has 1 aromatic heterocycles. The maximum atomic E-state index is 12.3. The zero-order chi connectivity index (χ0) is 16.9. The smallest absolute Gasteiger partial charge is 0.234 e. The molecule has 0 fully saturated rings. The molecule has 2 aromatic carbocycles. The van der Waals surface area contributed by atoms with E-state index in [-0.39, 0.29) is 11.7 Å². The lowest BCUT2D eigenvalue weighted by molar-refractivity contribution is -0.113. The summed E-state index contributed by atoms with van der Waals surface area (Å²) in [7, 11) is 1.60. The van der Waals surface area contributed by atoms with Gasteiger partial charge < -0.3 is 10.1 Å². The summed E-state index contributed by atoms with van der Waals surface area (Å²) in [4.78, 5) is 17.5. The molecule has 0 unspecified atom stereocenters. The minimum absolute atomic E-state index is 0.102. The van der Waals surface area contributed by atoms with Crippen LogP contribution in [0.15, 0.2) is 59.6 Å². The van der Waals surface area contributed by atoms with Crippen LogP contribution in [0, 0.1) is 0 Å². The van der Waals surface area contributed by atoms with E-state index in [2.05, 4.69) is 10.3 Å². The van der Waals surface area contributed by atoms with Crippen molar-refractivity contribution in [2.24, 2.45) is 0 Å². The molecule has 1 amide bonds. The number of nitrogens with one attached hydrogen (secondary N) is 1. The van der Waals surface area contributed by atoms with Crippen LogP contribution in [0.1, 0.15) is 0 Å². The van der Waals surface area contributed by atoms with Crippen molar-refractivity contribution in [3.8, 4) is 5.75 Å². The molecule has 122 valence electrons. The van der Waals surface area contributed by atoms with Crippen molar-refractivity contribution >= 4 is 45.9 Å². The SMILES string of the molecule is COc1ccc(NC(=O)CSc2ccccc2Cl)c2cccnc12. The quantitative estimate of drug-likeness (QED) is 0.676. The number of carbonyl (C=O) groups excluding carboxylic acids is 1. The summed E-state index contributed by atoms with van der Waals surface area (Å²) < 4.78 is 5.31. The van der Waals surface area contributed by atoms with Gasteiger partial charge in [0.25, 0.3) is 0 Å². The van der Waals surface area contributed by atoms with Crippen molar-refractivity contribution in [1.29, 1.82) is 0 Å². The van der Waals surface area contributed by atoms with Crippen molar-refractivity contribution < 1.29 is 9.53 Å². The van der Waals surface area contributed by atoms with E-state index in [0.717, 1.165) is 15.8 Å². The fraction of sp³-hybridized carbons (Fsp3) is 0.111. The number of nitrogens with zero attached hydrogens (tertiary/aromatic N) is 1. The summed E-state index contributed by atoms with van der Waals surface area (Å²) in [5, 5.41) is 4.42. The van der Waals surface area contributed by atoms with Crippen LogP contribution in [0.5, 0.6) is 5.75 Å². The molecule has 0 saturated heterocycles. The van der Waals surface area contributed by atoms with E-state index in [1.165, 1.54) is 11.8 Å². The second-order valence-corrected chi connectivity index (χ2v) is 6.41. The molecule has 1 N–H and O–H groups in total. The summed E-state index contributed by atoms with van der Waals surface area (Å²) in [5.74, 6) is 0.849. The molecular weight excluding hydrogens is 344 g/mol. The highest BCUT2D eigenvalue weighted by atomic mass is 35.5. The van der Waals surface area contributed by atoms with Gasteiger partial charge in [0.1, 0.15) is 11.3 Å². The highest BCUT2D eigenvalue weighted by molar-refractivity contribution is 8.00. The Bertz CT molecular complexity index is 886. The average Bonchev–Trinajstić information content (AvgIpc) is 2.61.